The number of benzene rings is 5. The number of fused-ring (bicyclic) bond motifs is 4. The lowest BCUT2D eigenvalue weighted by molar-refractivity contribution is 0.395. The SMILES string of the molecule is CCCCCCCCC1(CCCCCCCC)c2cc(-c3ccc(Nc4ccc5ccccc5c4)cc3)ccc2-c2ccc(C(C)(CC)CC)cc21. The van der Waals surface area contributed by atoms with Crippen LogP contribution in [0.5, 0.6) is 0 Å². The minimum Gasteiger partial charge on any atom is -0.356 e. The quantitative estimate of drug-likeness (QED) is 0.0801. The molecule has 0 atom stereocenters. The molecular formula is C51H65N. The third kappa shape index (κ3) is 8.35. The third-order valence-electron chi connectivity index (χ3n) is 12.8. The van der Waals surface area contributed by atoms with Gasteiger partial charge in [-0.2, -0.15) is 0 Å². The molecule has 0 fully saturated rings. The smallest absolute Gasteiger partial charge is 0.0390 e. The largest absolute Gasteiger partial charge is 0.356 e. The molecule has 0 heterocycles. The molecule has 6 rings (SSSR count). The summed E-state index contributed by atoms with van der Waals surface area (Å²) in [6, 6.07) is 39.4. The Morgan fingerprint density at radius 3 is 1.65 bits per heavy atom. The number of anilines is 2. The maximum atomic E-state index is 3.65. The lowest BCUT2D eigenvalue weighted by Crippen LogP contribution is -2.27. The summed E-state index contributed by atoms with van der Waals surface area (Å²) in [4.78, 5) is 0. The van der Waals surface area contributed by atoms with E-state index in [1.807, 2.05) is 0 Å². The molecule has 1 heteroatoms. The van der Waals surface area contributed by atoms with Crippen LogP contribution in [0.1, 0.15) is 154 Å². The Morgan fingerprint density at radius 2 is 1.02 bits per heavy atom. The fraction of sp³-hybridized carbons (Fsp3) is 0.451. The predicted molar refractivity (Wildman–Crippen MR) is 229 cm³/mol. The predicted octanol–water partition coefficient (Wildman–Crippen LogP) is 16.1. The van der Waals surface area contributed by atoms with Crippen molar-refractivity contribution in [2.24, 2.45) is 0 Å². The zero-order chi connectivity index (χ0) is 36.4. The molecule has 0 aliphatic heterocycles. The van der Waals surface area contributed by atoms with Crippen LogP contribution in [-0.2, 0) is 10.8 Å². The summed E-state index contributed by atoms with van der Waals surface area (Å²) < 4.78 is 0. The van der Waals surface area contributed by atoms with Gasteiger partial charge in [0, 0.05) is 16.8 Å². The van der Waals surface area contributed by atoms with Gasteiger partial charge in [-0.1, -0.05) is 184 Å². The summed E-state index contributed by atoms with van der Waals surface area (Å²) in [5.41, 5.74) is 12.9. The van der Waals surface area contributed by atoms with Gasteiger partial charge in [0.25, 0.3) is 0 Å². The molecule has 0 saturated carbocycles. The summed E-state index contributed by atoms with van der Waals surface area (Å²) in [5.74, 6) is 0. The van der Waals surface area contributed by atoms with Crippen LogP contribution in [0.15, 0.2) is 103 Å². The van der Waals surface area contributed by atoms with E-state index in [4.69, 9.17) is 0 Å². The molecule has 0 amide bonds. The summed E-state index contributed by atoms with van der Waals surface area (Å²) in [6.07, 6.45) is 21.0. The van der Waals surface area contributed by atoms with E-state index in [-0.39, 0.29) is 10.8 Å². The molecule has 1 nitrogen and oxygen atoms in total. The van der Waals surface area contributed by atoms with Crippen molar-refractivity contribution in [1.29, 1.82) is 0 Å². The molecule has 5 aromatic rings. The highest BCUT2D eigenvalue weighted by Gasteiger charge is 2.43. The summed E-state index contributed by atoms with van der Waals surface area (Å²) in [7, 11) is 0. The van der Waals surface area contributed by atoms with Gasteiger partial charge in [-0.15, -0.1) is 0 Å². The molecule has 1 aliphatic rings. The van der Waals surface area contributed by atoms with Crippen LogP contribution in [0.3, 0.4) is 0 Å². The second-order valence-electron chi connectivity index (χ2n) is 16.2. The van der Waals surface area contributed by atoms with E-state index in [0.717, 1.165) is 11.4 Å². The first-order valence-corrected chi connectivity index (χ1v) is 21.1. The van der Waals surface area contributed by atoms with Crippen LogP contribution in [0.25, 0.3) is 33.0 Å². The molecule has 5 aromatic carbocycles. The average Bonchev–Trinajstić information content (AvgIpc) is 3.45. The maximum Gasteiger partial charge on any atom is 0.0390 e. The average molecular weight is 692 g/mol. The lowest BCUT2D eigenvalue weighted by Gasteiger charge is -2.35. The maximum absolute atomic E-state index is 3.65. The van der Waals surface area contributed by atoms with Gasteiger partial charge >= 0.3 is 0 Å². The van der Waals surface area contributed by atoms with Crippen LogP contribution in [0.4, 0.5) is 11.4 Å². The second kappa shape index (κ2) is 17.8. The number of hydrogen-bond donors (Lipinski definition) is 1. The summed E-state index contributed by atoms with van der Waals surface area (Å²) in [6.45, 7) is 11.9. The molecule has 0 radical (unpaired) electrons. The normalized spacial score (nSPS) is 13.3. The Kier molecular flexibility index (Phi) is 13.0. The van der Waals surface area contributed by atoms with E-state index in [1.54, 1.807) is 11.1 Å². The van der Waals surface area contributed by atoms with Crippen molar-refractivity contribution < 1.29 is 0 Å². The minimum atomic E-state index is 0.0756. The zero-order valence-electron chi connectivity index (χ0n) is 33.1. The molecule has 1 aliphatic carbocycles. The van der Waals surface area contributed by atoms with Gasteiger partial charge in [0.2, 0.25) is 0 Å². The fourth-order valence-electron chi connectivity index (χ4n) is 8.97. The summed E-state index contributed by atoms with van der Waals surface area (Å²) in [5, 5.41) is 6.18. The first-order chi connectivity index (χ1) is 25.4. The van der Waals surface area contributed by atoms with Crippen LogP contribution < -0.4 is 5.32 Å². The molecule has 52 heavy (non-hydrogen) atoms. The van der Waals surface area contributed by atoms with E-state index in [1.165, 1.54) is 141 Å². The Morgan fingerprint density at radius 1 is 0.481 bits per heavy atom. The van der Waals surface area contributed by atoms with Gasteiger partial charge in [0.15, 0.2) is 0 Å². The molecular weight excluding hydrogens is 627 g/mol. The van der Waals surface area contributed by atoms with E-state index < -0.39 is 0 Å². The van der Waals surface area contributed by atoms with Crippen molar-refractivity contribution in [2.75, 3.05) is 5.32 Å². The van der Waals surface area contributed by atoms with Gasteiger partial charge in [-0.25, -0.2) is 0 Å². The van der Waals surface area contributed by atoms with Gasteiger partial charge in [0.05, 0.1) is 0 Å². The molecule has 274 valence electrons. The van der Waals surface area contributed by atoms with Crippen LogP contribution in [-0.4, -0.2) is 0 Å². The Bertz CT molecular complexity index is 1860. The Hall–Kier alpha value is -3.84. The molecule has 0 spiro atoms. The number of nitrogens with one attached hydrogen (secondary N) is 1. The first-order valence-electron chi connectivity index (χ1n) is 21.1. The van der Waals surface area contributed by atoms with Gasteiger partial charge in [0.1, 0.15) is 0 Å². The van der Waals surface area contributed by atoms with Crippen LogP contribution in [0.2, 0.25) is 0 Å². The lowest BCUT2D eigenvalue weighted by atomic mass is 9.68. The zero-order valence-corrected chi connectivity index (χ0v) is 33.1. The molecule has 1 N–H and O–H groups in total. The van der Waals surface area contributed by atoms with E-state index in [9.17, 15) is 0 Å². The minimum absolute atomic E-state index is 0.0756. The van der Waals surface area contributed by atoms with E-state index in [0.29, 0.717) is 0 Å². The van der Waals surface area contributed by atoms with E-state index >= 15 is 0 Å². The summed E-state index contributed by atoms with van der Waals surface area (Å²) >= 11 is 0. The van der Waals surface area contributed by atoms with Crippen molar-refractivity contribution in [3.63, 3.8) is 0 Å². The first kappa shape index (κ1) is 37.9. The van der Waals surface area contributed by atoms with Gasteiger partial charge in [-0.3, -0.25) is 0 Å². The Balaban J connectivity index is 1.34. The topological polar surface area (TPSA) is 12.0 Å². The highest BCUT2D eigenvalue weighted by Crippen LogP contribution is 2.56. The van der Waals surface area contributed by atoms with Crippen LogP contribution >= 0.6 is 0 Å². The van der Waals surface area contributed by atoms with Gasteiger partial charge in [-0.05, 0) is 111 Å². The monoisotopic (exact) mass is 692 g/mol. The fourth-order valence-corrected chi connectivity index (χ4v) is 8.97. The highest BCUT2D eigenvalue weighted by atomic mass is 14.9. The third-order valence-corrected chi connectivity index (χ3v) is 12.8. The van der Waals surface area contributed by atoms with E-state index in [2.05, 4.69) is 143 Å². The highest BCUT2D eigenvalue weighted by molar-refractivity contribution is 5.87. The van der Waals surface area contributed by atoms with Crippen molar-refractivity contribution in [1.82, 2.24) is 0 Å². The molecule has 0 aromatic heterocycles. The number of hydrogen-bond acceptors (Lipinski definition) is 1. The molecule has 0 saturated heterocycles. The Labute approximate surface area is 316 Å². The molecule has 0 bridgehead atoms. The van der Waals surface area contributed by atoms with Gasteiger partial charge < -0.3 is 5.32 Å². The van der Waals surface area contributed by atoms with Crippen LogP contribution in [0, 0.1) is 0 Å². The van der Waals surface area contributed by atoms with Crippen molar-refractivity contribution in [3.8, 4) is 22.3 Å². The standard InChI is InChI=1S/C51H65N/c1-6-10-12-14-16-20-34-51(35-21-17-15-13-11-7-2)48-37-42(27-32-46(48)47-33-28-43(38-49(47)51)50(5,8-3)9-4)40-24-29-44(30-25-40)52-45-31-26-39-22-18-19-23-41(39)36-45/h18-19,22-33,36-38,52H,6-17,20-21,34-35H2,1-5H3. The van der Waals surface area contributed by atoms with Crippen molar-refractivity contribution >= 4 is 22.1 Å². The second-order valence-corrected chi connectivity index (χ2v) is 16.2. The van der Waals surface area contributed by atoms with Crippen molar-refractivity contribution in [3.05, 3.63) is 120 Å². The number of unbranched alkanes of at least 4 members (excludes halogenated alkanes) is 10. The van der Waals surface area contributed by atoms with Crippen molar-refractivity contribution in [2.45, 2.75) is 148 Å². The molecule has 0 unspecified atom stereocenters. The number of rotatable bonds is 20.